The summed E-state index contributed by atoms with van der Waals surface area (Å²) in [6.45, 7) is 5.16. The Morgan fingerprint density at radius 3 is 2.80 bits per heavy atom. The maximum Gasteiger partial charge on any atom is 0.0839 e. The van der Waals surface area contributed by atoms with Crippen molar-refractivity contribution in [2.45, 2.75) is 25.8 Å². The highest BCUT2D eigenvalue weighted by molar-refractivity contribution is 4.92. The van der Waals surface area contributed by atoms with Crippen LogP contribution >= 0.6 is 0 Å². The summed E-state index contributed by atoms with van der Waals surface area (Å²) in [5, 5.41) is 8.15. The number of nitrogens with two attached hydrogens (primary N) is 1. The molecule has 0 bridgehead atoms. The molecule has 2 rings (SSSR count). The molecule has 1 aromatic heterocycles. The number of hydrogen-bond donors (Lipinski definition) is 1. The molecule has 0 aliphatic carbocycles. The molecule has 1 fully saturated rings. The van der Waals surface area contributed by atoms with Crippen molar-refractivity contribution in [3.05, 3.63) is 11.9 Å². The van der Waals surface area contributed by atoms with Crippen molar-refractivity contribution in [1.82, 2.24) is 19.9 Å². The molecule has 0 spiro atoms. The fourth-order valence-corrected chi connectivity index (χ4v) is 1.96. The Morgan fingerprint density at radius 2 is 2.07 bits per heavy atom. The first kappa shape index (κ1) is 10.6. The molecule has 1 aliphatic rings. The second kappa shape index (κ2) is 5.23. The van der Waals surface area contributed by atoms with Gasteiger partial charge in [-0.15, -0.1) is 5.10 Å². The number of likely N-dealkylation sites (tertiary alicyclic amines) is 1. The number of hydrogen-bond acceptors (Lipinski definition) is 4. The Hall–Kier alpha value is -0.940. The van der Waals surface area contributed by atoms with Crippen molar-refractivity contribution < 1.29 is 0 Å². The molecular formula is C10H19N5. The van der Waals surface area contributed by atoms with Gasteiger partial charge in [0.15, 0.2) is 0 Å². The van der Waals surface area contributed by atoms with Crippen LogP contribution in [-0.2, 0) is 13.0 Å². The summed E-state index contributed by atoms with van der Waals surface area (Å²) in [7, 11) is 0. The maximum atomic E-state index is 5.46. The molecule has 0 atom stereocenters. The second-order valence-electron chi connectivity index (χ2n) is 4.06. The van der Waals surface area contributed by atoms with Gasteiger partial charge in [0.2, 0.25) is 0 Å². The third-order valence-electron chi connectivity index (χ3n) is 2.83. The Morgan fingerprint density at radius 1 is 1.27 bits per heavy atom. The molecule has 2 heterocycles. The first-order valence-corrected chi connectivity index (χ1v) is 5.70. The van der Waals surface area contributed by atoms with Gasteiger partial charge in [0, 0.05) is 19.2 Å². The fourth-order valence-electron chi connectivity index (χ4n) is 1.96. The lowest BCUT2D eigenvalue weighted by molar-refractivity contribution is 0.314. The molecule has 0 unspecified atom stereocenters. The maximum absolute atomic E-state index is 5.46. The van der Waals surface area contributed by atoms with Crippen LogP contribution in [-0.4, -0.2) is 46.1 Å². The molecule has 1 saturated heterocycles. The summed E-state index contributed by atoms with van der Waals surface area (Å²) in [5.41, 5.74) is 6.46. The lowest BCUT2D eigenvalue weighted by Gasteiger charge is -2.13. The third kappa shape index (κ3) is 3.00. The van der Waals surface area contributed by atoms with E-state index in [4.69, 9.17) is 5.73 Å². The summed E-state index contributed by atoms with van der Waals surface area (Å²) < 4.78 is 1.92. The highest BCUT2D eigenvalue weighted by Crippen LogP contribution is 2.06. The average molecular weight is 209 g/mol. The predicted octanol–water partition coefficient (Wildman–Crippen LogP) is -0.125. The Labute approximate surface area is 90.2 Å². The second-order valence-corrected chi connectivity index (χ2v) is 4.06. The lowest BCUT2D eigenvalue weighted by Crippen LogP contribution is -2.24. The Kier molecular flexibility index (Phi) is 3.69. The van der Waals surface area contributed by atoms with Crippen LogP contribution in [0, 0.1) is 0 Å². The van der Waals surface area contributed by atoms with Crippen LogP contribution in [0.4, 0.5) is 0 Å². The fraction of sp³-hybridized carbons (Fsp3) is 0.800. The van der Waals surface area contributed by atoms with Gasteiger partial charge in [0.05, 0.1) is 12.2 Å². The van der Waals surface area contributed by atoms with E-state index < -0.39 is 0 Å². The molecule has 0 radical (unpaired) electrons. The molecule has 5 nitrogen and oxygen atoms in total. The van der Waals surface area contributed by atoms with E-state index in [0.717, 1.165) is 25.2 Å². The normalized spacial score (nSPS) is 17.4. The first-order valence-electron chi connectivity index (χ1n) is 5.70. The van der Waals surface area contributed by atoms with E-state index in [1.54, 1.807) is 0 Å². The highest BCUT2D eigenvalue weighted by Gasteiger charge is 2.11. The van der Waals surface area contributed by atoms with E-state index in [0.29, 0.717) is 6.54 Å². The lowest BCUT2D eigenvalue weighted by atomic mass is 10.3. The molecule has 0 saturated carbocycles. The minimum atomic E-state index is 0.644. The number of aromatic nitrogens is 3. The summed E-state index contributed by atoms with van der Waals surface area (Å²) in [6.07, 6.45) is 5.51. The average Bonchev–Trinajstić information content (AvgIpc) is 2.85. The van der Waals surface area contributed by atoms with Crippen molar-refractivity contribution in [1.29, 1.82) is 0 Å². The van der Waals surface area contributed by atoms with Gasteiger partial charge in [0.1, 0.15) is 0 Å². The third-order valence-corrected chi connectivity index (χ3v) is 2.83. The summed E-state index contributed by atoms with van der Waals surface area (Å²) >= 11 is 0. The van der Waals surface area contributed by atoms with Crippen molar-refractivity contribution in [2.75, 3.05) is 26.2 Å². The Balaban J connectivity index is 1.77. The minimum Gasteiger partial charge on any atom is -0.330 e. The van der Waals surface area contributed by atoms with Gasteiger partial charge < -0.3 is 10.6 Å². The van der Waals surface area contributed by atoms with E-state index in [1.807, 2.05) is 10.9 Å². The summed E-state index contributed by atoms with van der Waals surface area (Å²) in [5.74, 6) is 0. The van der Waals surface area contributed by atoms with Crippen LogP contribution < -0.4 is 5.73 Å². The zero-order chi connectivity index (χ0) is 10.5. The van der Waals surface area contributed by atoms with Crippen molar-refractivity contribution in [2.24, 2.45) is 5.73 Å². The van der Waals surface area contributed by atoms with E-state index >= 15 is 0 Å². The van der Waals surface area contributed by atoms with E-state index in [2.05, 4.69) is 15.2 Å². The smallest absolute Gasteiger partial charge is 0.0839 e. The molecule has 84 valence electrons. The van der Waals surface area contributed by atoms with Crippen molar-refractivity contribution in [3.8, 4) is 0 Å². The topological polar surface area (TPSA) is 60.0 Å². The van der Waals surface area contributed by atoms with Gasteiger partial charge in [-0.2, -0.15) is 0 Å². The van der Waals surface area contributed by atoms with Crippen LogP contribution in [0.2, 0.25) is 0 Å². The van der Waals surface area contributed by atoms with E-state index in [9.17, 15) is 0 Å². The zero-order valence-electron chi connectivity index (χ0n) is 9.10. The van der Waals surface area contributed by atoms with Gasteiger partial charge in [-0.3, -0.25) is 4.68 Å². The van der Waals surface area contributed by atoms with Crippen LogP contribution in [0.15, 0.2) is 6.20 Å². The van der Waals surface area contributed by atoms with Gasteiger partial charge in [-0.25, -0.2) is 0 Å². The van der Waals surface area contributed by atoms with Crippen molar-refractivity contribution >= 4 is 0 Å². The predicted molar refractivity (Wildman–Crippen MR) is 58.5 cm³/mol. The van der Waals surface area contributed by atoms with Crippen LogP contribution in [0.3, 0.4) is 0 Å². The summed E-state index contributed by atoms with van der Waals surface area (Å²) in [4.78, 5) is 2.48. The van der Waals surface area contributed by atoms with Gasteiger partial charge in [0.25, 0.3) is 0 Å². The molecule has 0 aromatic carbocycles. The van der Waals surface area contributed by atoms with E-state index in [1.165, 1.54) is 25.9 Å². The van der Waals surface area contributed by atoms with E-state index in [-0.39, 0.29) is 0 Å². The van der Waals surface area contributed by atoms with Crippen LogP contribution in [0.25, 0.3) is 0 Å². The largest absolute Gasteiger partial charge is 0.330 e. The Bertz CT molecular complexity index is 290. The molecule has 0 amide bonds. The highest BCUT2D eigenvalue weighted by atomic mass is 15.4. The molecule has 5 heteroatoms. The van der Waals surface area contributed by atoms with Crippen LogP contribution in [0.5, 0.6) is 0 Å². The van der Waals surface area contributed by atoms with Gasteiger partial charge >= 0.3 is 0 Å². The van der Waals surface area contributed by atoms with Crippen molar-refractivity contribution in [3.63, 3.8) is 0 Å². The van der Waals surface area contributed by atoms with Gasteiger partial charge in [-0.1, -0.05) is 5.21 Å². The monoisotopic (exact) mass is 209 g/mol. The first-order chi connectivity index (χ1) is 7.38. The summed E-state index contributed by atoms with van der Waals surface area (Å²) in [6, 6.07) is 0. The number of rotatable bonds is 5. The molecule has 15 heavy (non-hydrogen) atoms. The standard InChI is InChI=1S/C10H19N5/c11-4-3-10-9-15(13-12-10)8-7-14-5-1-2-6-14/h9H,1-8,11H2. The minimum absolute atomic E-state index is 0.644. The zero-order valence-corrected chi connectivity index (χ0v) is 9.10. The molecule has 1 aliphatic heterocycles. The van der Waals surface area contributed by atoms with Gasteiger partial charge in [-0.05, 0) is 32.5 Å². The molecule has 2 N–H and O–H groups in total. The quantitative estimate of drug-likeness (QED) is 0.734. The number of nitrogens with zero attached hydrogens (tertiary/aromatic N) is 4. The molecular weight excluding hydrogens is 190 g/mol. The molecule has 1 aromatic rings. The van der Waals surface area contributed by atoms with Crippen LogP contribution in [0.1, 0.15) is 18.5 Å². The SMILES string of the molecule is NCCc1cn(CCN2CCCC2)nn1.